The van der Waals surface area contributed by atoms with Gasteiger partial charge in [-0.1, -0.05) is 41.2 Å². The van der Waals surface area contributed by atoms with E-state index in [1.54, 1.807) is 12.1 Å². The predicted octanol–water partition coefficient (Wildman–Crippen LogP) is 3.61. The number of aliphatic hydroxyl groups excluding tert-OH is 1. The van der Waals surface area contributed by atoms with Crippen LogP contribution in [0.15, 0.2) is 59.6 Å². The number of aromatic nitrogens is 2. The highest BCUT2D eigenvalue weighted by atomic mass is 32.1. The van der Waals surface area contributed by atoms with E-state index in [1.165, 1.54) is 34.7 Å². The molecule has 8 heteroatoms. The van der Waals surface area contributed by atoms with Gasteiger partial charge in [0.15, 0.2) is 0 Å². The lowest BCUT2D eigenvalue weighted by molar-refractivity contribution is -0.132. The molecule has 0 bridgehead atoms. The Morgan fingerprint density at radius 2 is 1.79 bits per heavy atom. The minimum absolute atomic E-state index is 0.0735. The first-order valence-electron chi connectivity index (χ1n) is 8.37. The summed E-state index contributed by atoms with van der Waals surface area (Å²) in [7, 11) is 0. The van der Waals surface area contributed by atoms with E-state index in [0.29, 0.717) is 5.56 Å². The number of anilines is 1. The van der Waals surface area contributed by atoms with E-state index in [1.807, 2.05) is 19.1 Å². The van der Waals surface area contributed by atoms with Crippen molar-refractivity contribution in [1.29, 1.82) is 0 Å². The van der Waals surface area contributed by atoms with Gasteiger partial charge in [0.25, 0.3) is 5.78 Å². The number of carbonyl (C=O) groups is 2. The summed E-state index contributed by atoms with van der Waals surface area (Å²) >= 11 is 1.12. The van der Waals surface area contributed by atoms with Crippen LogP contribution in [0, 0.1) is 12.7 Å². The highest BCUT2D eigenvalue weighted by Gasteiger charge is 2.48. The summed E-state index contributed by atoms with van der Waals surface area (Å²) in [6, 6.07) is 11.5. The molecule has 1 saturated heterocycles. The summed E-state index contributed by atoms with van der Waals surface area (Å²) in [5, 5.41) is 18.8. The van der Waals surface area contributed by atoms with Crippen molar-refractivity contribution in [3.05, 3.63) is 82.1 Å². The highest BCUT2D eigenvalue weighted by molar-refractivity contribution is 7.13. The summed E-state index contributed by atoms with van der Waals surface area (Å²) in [5.41, 5.74) is 3.28. The van der Waals surface area contributed by atoms with Crippen LogP contribution in [0.4, 0.5) is 9.52 Å². The van der Waals surface area contributed by atoms with Crippen molar-refractivity contribution in [2.45, 2.75) is 13.0 Å². The SMILES string of the molecule is Cc1ccc([C@H]2C(=C(O)c3ccc(F)cc3)C(=O)C(=O)N2c2nncs2)cc1. The van der Waals surface area contributed by atoms with Gasteiger partial charge in [0, 0.05) is 5.56 Å². The number of aryl methyl sites for hydroxylation is 1. The number of halogens is 1. The van der Waals surface area contributed by atoms with Gasteiger partial charge in [-0.15, -0.1) is 10.2 Å². The lowest BCUT2D eigenvalue weighted by Crippen LogP contribution is -2.29. The summed E-state index contributed by atoms with van der Waals surface area (Å²) in [6.45, 7) is 1.92. The molecule has 1 atom stereocenters. The van der Waals surface area contributed by atoms with Crippen molar-refractivity contribution in [3.63, 3.8) is 0 Å². The molecule has 0 spiro atoms. The molecule has 2 heterocycles. The normalized spacial score (nSPS) is 18.6. The van der Waals surface area contributed by atoms with E-state index in [2.05, 4.69) is 10.2 Å². The fraction of sp³-hybridized carbons (Fsp3) is 0.100. The zero-order chi connectivity index (χ0) is 19.8. The number of hydrogen-bond donors (Lipinski definition) is 1. The highest BCUT2D eigenvalue weighted by Crippen LogP contribution is 2.42. The van der Waals surface area contributed by atoms with Gasteiger partial charge < -0.3 is 5.11 Å². The number of carbonyl (C=O) groups excluding carboxylic acids is 2. The topological polar surface area (TPSA) is 83.4 Å². The van der Waals surface area contributed by atoms with Crippen molar-refractivity contribution < 1.29 is 19.1 Å². The van der Waals surface area contributed by atoms with Crippen LogP contribution in [-0.2, 0) is 9.59 Å². The van der Waals surface area contributed by atoms with Crippen LogP contribution in [0.25, 0.3) is 5.76 Å². The summed E-state index contributed by atoms with van der Waals surface area (Å²) in [5.74, 6) is -2.47. The average Bonchev–Trinajstić information content (AvgIpc) is 3.30. The van der Waals surface area contributed by atoms with Crippen LogP contribution in [-0.4, -0.2) is 27.0 Å². The summed E-state index contributed by atoms with van der Waals surface area (Å²) in [4.78, 5) is 26.8. The maximum Gasteiger partial charge on any atom is 0.301 e. The summed E-state index contributed by atoms with van der Waals surface area (Å²) < 4.78 is 13.3. The fourth-order valence-corrected chi connectivity index (χ4v) is 3.71. The molecule has 2 aromatic carbocycles. The molecule has 28 heavy (non-hydrogen) atoms. The molecule has 0 saturated carbocycles. The molecular weight excluding hydrogens is 381 g/mol. The number of rotatable bonds is 3. The molecule has 0 radical (unpaired) electrons. The first kappa shape index (κ1) is 18.0. The molecule has 1 N–H and O–H groups in total. The van der Waals surface area contributed by atoms with Gasteiger partial charge in [-0.25, -0.2) is 4.39 Å². The van der Waals surface area contributed by atoms with Gasteiger partial charge in [-0.2, -0.15) is 0 Å². The monoisotopic (exact) mass is 395 g/mol. The maximum atomic E-state index is 13.3. The first-order valence-corrected chi connectivity index (χ1v) is 9.25. The number of ketones is 1. The molecule has 0 aliphatic carbocycles. The Morgan fingerprint density at radius 1 is 1.11 bits per heavy atom. The predicted molar refractivity (Wildman–Crippen MR) is 102 cm³/mol. The van der Waals surface area contributed by atoms with Crippen LogP contribution >= 0.6 is 11.3 Å². The Bertz CT molecular complexity index is 1080. The minimum Gasteiger partial charge on any atom is -0.507 e. The standard InChI is InChI=1S/C20H14FN3O3S/c1-11-2-4-12(5-3-11)16-15(17(25)13-6-8-14(21)9-7-13)18(26)19(27)24(16)20-23-22-10-28-20/h2-10,16,25H,1H3/t16-/m0/s1. The van der Waals surface area contributed by atoms with E-state index in [0.717, 1.165) is 16.9 Å². The van der Waals surface area contributed by atoms with Crippen LogP contribution in [0.3, 0.4) is 0 Å². The van der Waals surface area contributed by atoms with Gasteiger partial charge in [0.2, 0.25) is 5.13 Å². The molecule has 0 unspecified atom stereocenters. The van der Waals surface area contributed by atoms with Crippen molar-refractivity contribution in [3.8, 4) is 0 Å². The molecule has 3 aromatic rings. The molecule has 4 rings (SSSR count). The number of benzene rings is 2. The van der Waals surface area contributed by atoms with Gasteiger partial charge in [0.1, 0.15) is 17.1 Å². The smallest absolute Gasteiger partial charge is 0.301 e. The molecule has 1 aliphatic rings. The van der Waals surface area contributed by atoms with E-state index >= 15 is 0 Å². The Balaban J connectivity index is 1.93. The molecule has 6 nitrogen and oxygen atoms in total. The van der Waals surface area contributed by atoms with Crippen LogP contribution in [0.1, 0.15) is 22.7 Å². The fourth-order valence-electron chi connectivity index (χ4n) is 3.13. The number of nitrogens with zero attached hydrogens (tertiary/aromatic N) is 3. The number of amides is 1. The Morgan fingerprint density at radius 3 is 2.39 bits per heavy atom. The molecule has 1 aliphatic heterocycles. The van der Waals surface area contributed by atoms with E-state index in [9.17, 15) is 19.1 Å². The molecule has 1 amide bonds. The van der Waals surface area contributed by atoms with Crippen molar-refractivity contribution >= 4 is 33.9 Å². The van der Waals surface area contributed by atoms with Gasteiger partial charge in [-0.05, 0) is 36.8 Å². The van der Waals surface area contributed by atoms with Gasteiger partial charge in [0.05, 0.1) is 11.6 Å². The third-order valence-electron chi connectivity index (χ3n) is 4.51. The minimum atomic E-state index is -0.862. The van der Waals surface area contributed by atoms with Gasteiger partial charge in [-0.3, -0.25) is 14.5 Å². The molecule has 1 aromatic heterocycles. The van der Waals surface area contributed by atoms with E-state index in [4.69, 9.17) is 0 Å². The van der Waals surface area contributed by atoms with Crippen LogP contribution in [0.2, 0.25) is 0 Å². The number of hydrogen-bond acceptors (Lipinski definition) is 6. The molecular formula is C20H14FN3O3S. The van der Waals surface area contributed by atoms with Crippen molar-refractivity contribution in [2.24, 2.45) is 0 Å². The van der Waals surface area contributed by atoms with Crippen molar-refractivity contribution in [2.75, 3.05) is 4.90 Å². The summed E-state index contributed by atoms with van der Waals surface area (Å²) in [6.07, 6.45) is 0. The van der Waals surface area contributed by atoms with Crippen LogP contribution < -0.4 is 4.90 Å². The van der Waals surface area contributed by atoms with E-state index < -0.39 is 23.5 Å². The second-order valence-corrected chi connectivity index (χ2v) is 7.12. The quantitative estimate of drug-likeness (QED) is 0.416. The Hall–Kier alpha value is -3.39. The maximum absolute atomic E-state index is 13.3. The lowest BCUT2D eigenvalue weighted by Gasteiger charge is -2.22. The second kappa shape index (κ2) is 6.97. The zero-order valence-electron chi connectivity index (χ0n) is 14.7. The number of Topliss-reactive ketones (excluding diaryl/α,β-unsaturated/α-hetero) is 1. The Kier molecular flexibility index (Phi) is 4.48. The first-order chi connectivity index (χ1) is 13.5. The van der Waals surface area contributed by atoms with Gasteiger partial charge >= 0.3 is 5.91 Å². The average molecular weight is 395 g/mol. The van der Waals surface area contributed by atoms with Crippen molar-refractivity contribution in [1.82, 2.24) is 10.2 Å². The zero-order valence-corrected chi connectivity index (χ0v) is 15.5. The Labute approximate surface area is 163 Å². The number of aliphatic hydroxyl groups is 1. The largest absolute Gasteiger partial charge is 0.507 e. The third-order valence-corrected chi connectivity index (χ3v) is 5.20. The van der Waals surface area contributed by atoms with E-state index in [-0.39, 0.29) is 22.0 Å². The second-order valence-electron chi connectivity index (χ2n) is 6.31. The third kappa shape index (κ3) is 2.97. The molecule has 140 valence electrons. The lowest BCUT2D eigenvalue weighted by atomic mass is 9.95. The molecule has 1 fully saturated rings. The van der Waals surface area contributed by atoms with Crippen LogP contribution in [0.5, 0.6) is 0 Å².